The van der Waals surface area contributed by atoms with E-state index < -0.39 is 48.5 Å². The van der Waals surface area contributed by atoms with Crippen LogP contribution in [-0.4, -0.2) is 80.0 Å². The molecule has 2 unspecified atom stereocenters. The maximum atomic E-state index is 14.0. The fourth-order valence-corrected chi connectivity index (χ4v) is 8.88. The predicted octanol–water partition coefficient (Wildman–Crippen LogP) is 8.11. The number of carbonyl (C=O) groups excluding carboxylic acids is 8. The molecule has 0 bridgehead atoms. The molecule has 0 aromatic heterocycles. The molecule has 14 nitrogen and oxygen atoms in total. The smallest absolute Gasteiger partial charge is 0.339 e. The van der Waals surface area contributed by atoms with Gasteiger partial charge in [-0.1, -0.05) is 63.4 Å². The van der Waals surface area contributed by atoms with Gasteiger partial charge in [0.15, 0.2) is 24.8 Å². The van der Waals surface area contributed by atoms with Gasteiger partial charge in [-0.15, -0.1) is 0 Å². The summed E-state index contributed by atoms with van der Waals surface area (Å²) >= 11 is 1.12. The van der Waals surface area contributed by atoms with Crippen molar-refractivity contribution >= 4 is 64.6 Å². The number of amides is 4. The SMILES string of the molecule is C=C(C)C(=O)COC(=O)c1ccc(Sc2ccc(C(=O)OCC(=O)C(=C)C)c(C(=O)Nc3ccc(C(=O)NC4CC(C)(C)CC(C)(CNC(=O)c5ccc(C)cc5)C4)cc3)c2)cc1C(=O)NC. The van der Waals surface area contributed by atoms with E-state index in [9.17, 15) is 38.4 Å². The van der Waals surface area contributed by atoms with E-state index in [0.717, 1.165) is 30.2 Å². The van der Waals surface area contributed by atoms with E-state index in [4.69, 9.17) is 9.47 Å². The zero-order valence-corrected chi connectivity index (χ0v) is 39.6. The first-order valence-electron chi connectivity index (χ1n) is 21.5. The van der Waals surface area contributed by atoms with Crippen LogP contribution in [0.3, 0.4) is 0 Å². The number of benzene rings is 4. The third-order valence-electron chi connectivity index (χ3n) is 11.2. The predicted molar refractivity (Wildman–Crippen MR) is 256 cm³/mol. The number of rotatable bonds is 18. The van der Waals surface area contributed by atoms with E-state index >= 15 is 0 Å². The summed E-state index contributed by atoms with van der Waals surface area (Å²) in [6.45, 7) is 17.8. The largest absolute Gasteiger partial charge is 0.454 e. The number of hydrogen-bond acceptors (Lipinski definition) is 11. The van der Waals surface area contributed by atoms with Crippen molar-refractivity contribution in [2.24, 2.45) is 10.8 Å². The van der Waals surface area contributed by atoms with Crippen LogP contribution >= 0.6 is 11.8 Å². The Kier molecular flexibility index (Phi) is 16.6. The van der Waals surface area contributed by atoms with Crippen molar-refractivity contribution < 1.29 is 47.8 Å². The zero-order valence-electron chi connectivity index (χ0n) is 38.8. The molecule has 4 aromatic rings. The molecule has 1 aliphatic rings. The molecule has 67 heavy (non-hydrogen) atoms. The van der Waals surface area contributed by atoms with Gasteiger partial charge in [0.1, 0.15) is 0 Å². The third kappa shape index (κ3) is 13.9. The Balaban J connectivity index is 1.32. The maximum absolute atomic E-state index is 14.0. The minimum absolute atomic E-state index is 0.0293. The molecule has 0 spiro atoms. The van der Waals surface area contributed by atoms with Crippen molar-refractivity contribution in [3.8, 4) is 0 Å². The highest BCUT2D eigenvalue weighted by atomic mass is 32.2. The molecule has 0 heterocycles. The van der Waals surface area contributed by atoms with Crippen LogP contribution in [0.5, 0.6) is 0 Å². The molecule has 2 atom stereocenters. The second kappa shape index (κ2) is 21.9. The molecule has 5 rings (SSSR count). The van der Waals surface area contributed by atoms with E-state index in [2.05, 4.69) is 55.2 Å². The van der Waals surface area contributed by atoms with Crippen molar-refractivity contribution in [1.29, 1.82) is 0 Å². The number of ether oxygens (including phenoxy) is 2. The lowest BCUT2D eigenvalue weighted by Crippen LogP contribution is -2.50. The Morgan fingerprint density at radius 3 is 1.64 bits per heavy atom. The molecule has 0 radical (unpaired) electrons. The van der Waals surface area contributed by atoms with E-state index in [1.165, 1.54) is 45.2 Å². The van der Waals surface area contributed by atoms with Crippen molar-refractivity contribution in [2.45, 2.75) is 76.6 Å². The van der Waals surface area contributed by atoms with Crippen LogP contribution in [0, 0.1) is 17.8 Å². The molecule has 350 valence electrons. The maximum Gasteiger partial charge on any atom is 0.339 e. The molecular formula is C52H56N4O10S. The minimum atomic E-state index is -0.936. The monoisotopic (exact) mass is 928 g/mol. The first kappa shape index (κ1) is 50.9. The quantitative estimate of drug-likeness (QED) is 0.0555. The highest BCUT2D eigenvalue weighted by Gasteiger charge is 2.42. The van der Waals surface area contributed by atoms with Crippen molar-refractivity contribution in [1.82, 2.24) is 16.0 Å². The van der Waals surface area contributed by atoms with E-state index in [1.807, 2.05) is 19.1 Å². The Hall–Kier alpha value is -7.13. The summed E-state index contributed by atoms with van der Waals surface area (Å²) in [5.74, 6) is -4.54. The Bertz CT molecular complexity index is 2640. The van der Waals surface area contributed by atoms with Gasteiger partial charge >= 0.3 is 11.9 Å². The summed E-state index contributed by atoms with van der Waals surface area (Å²) in [5.41, 5.74) is 1.97. The molecule has 1 saturated carbocycles. The number of Topliss-reactive ketones (excluding diaryl/α,β-unsaturated/α-hetero) is 2. The standard InChI is InChI=1S/C52H56N4O10S/c1-30(2)43(57)26-65-49(63)39-20-18-37(22-41(39)47(61)53-9)67-38-19-21-40(50(64)66-27-44(58)31(3)4)42(23-38)48(62)55-35-16-14-34(15-17-35)46(60)56-36-24-51(6,7)28-52(8,25-36)29-54-45(59)33-12-10-32(5)11-13-33/h10-23,36H,1,3,24-29H2,2,4-9H3,(H,53,61)(H,54,59)(H,55,62)(H,56,60). The number of aryl methyl sites for hydroxylation is 1. The Morgan fingerprint density at radius 1 is 0.642 bits per heavy atom. The number of nitrogens with one attached hydrogen (secondary N) is 4. The zero-order chi connectivity index (χ0) is 49.2. The summed E-state index contributed by atoms with van der Waals surface area (Å²) in [6, 6.07) is 22.3. The van der Waals surface area contributed by atoms with Gasteiger partial charge < -0.3 is 30.7 Å². The van der Waals surface area contributed by atoms with Crippen molar-refractivity contribution in [3.05, 3.63) is 148 Å². The lowest BCUT2D eigenvalue weighted by Gasteiger charge is -2.47. The fourth-order valence-electron chi connectivity index (χ4n) is 7.98. The highest BCUT2D eigenvalue weighted by molar-refractivity contribution is 7.99. The summed E-state index contributed by atoms with van der Waals surface area (Å²) in [4.78, 5) is 105. The summed E-state index contributed by atoms with van der Waals surface area (Å²) in [5, 5.41) is 11.5. The van der Waals surface area contributed by atoms with Gasteiger partial charge in [0.2, 0.25) is 0 Å². The second-order valence-electron chi connectivity index (χ2n) is 18.0. The number of carbonyl (C=O) groups is 8. The minimum Gasteiger partial charge on any atom is -0.454 e. The molecule has 0 aliphatic heterocycles. The molecule has 1 aliphatic carbocycles. The average Bonchev–Trinajstić information content (AvgIpc) is 3.28. The molecule has 15 heteroatoms. The first-order chi connectivity index (χ1) is 31.6. The van der Waals surface area contributed by atoms with Crippen LogP contribution < -0.4 is 21.3 Å². The van der Waals surface area contributed by atoms with E-state index in [1.54, 1.807) is 48.5 Å². The van der Waals surface area contributed by atoms with Crippen molar-refractivity contribution in [2.75, 3.05) is 32.1 Å². The Morgan fingerprint density at radius 2 is 1.13 bits per heavy atom. The van der Waals surface area contributed by atoms with Crippen LogP contribution in [0.2, 0.25) is 0 Å². The third-order valence-corrected chi connectivity index (χ3v) is 12.1. The molecule has 4 aromatic carbocycles. The van der Waals surface area contributed by atoms with Gasteiger partial charge in [-0.25, -0.2) is 9.59 Å². The normalized spacial score (nSPS) is 16.1. The van der Waals surface area contributed by atoms with Gasteiger partial charge in [-0.2, -0.15) is 0 Å². The van der Waals surface area contributed by atoms with Gasteiger partial charge in [0.05, 0.1) is 22.3 Å². The Labute approximate surface area is 394 Å². The summed E-state index contributed by atoms with van der Waals surface area (Å²) in [7, 11) is 1.39. The highest BCUT2D eigenvalue weighted by Crippen LogP contribution is 2.46. The molecular weight excluding hydrogens is 873 g/mol. The van der Waals surface area contributed by atoms with Crippen LogP contribution in [0.15, 0.2) is 119 Å². The molecule has 0 saturated heterocycles. The van der Waals surface area contributed by atoms with E-state index in [-0.39, 0.29) is 62.1 Å². The molecule has 1 fully saturated rings. The van der Waals surface area contributed by atoms with Crippen LogP contribution in [0.25, 0.3) is 0 Å². The van der Waals surface area contributed by atoms with Crippen LogP contribution in [0.1, 0.15) is 122 Å². The fraction of sp³-hybridized carbons (Fsp3) is 0.308. The van der Waals surface area contributed by atoms with Gasteiger partial charge in [-0.3, -0.25) is 28.8 Å². The lowest BCUT2D eigenvalue weighted by atomic mass is 9.62. The van der Waals surface area contributed by atoms with Gasteiger partial charge in [-0.05, 0) is 135 Å². The molecule has 4 N–H and O–H groups in total. The summed E-state index contributed by atoms with van der Waals surface area (Å²) in [6.07, 6.45) is 2.25. The van der Waals surface area contributed by atoms with Crippen LogP contribution in [0.4, 0.5) is 5.69 Å². The van der Waals surface area contributed by atoms with Crippen LogP contribution in [-0.2, 0) is 19.1 Å². The topological polar surface area (TPSA) is 203 Å². The second-order valence-corrected chi connectivity index (χ2v) is 19.1. The first-order valence-corrected chi connectivity index (χ1v) is 22.4. The molecule has 4 amide bonds. The average molecular weight is 929 g/mol. The number of anilines is 1. The number of ketones is 2. The summed E-state index contributed by atoms with van der Waals surface area (Å²) < 4.78 is 10.4. The van der Waals surface area contributed by atoms with E-state index in [0.29, 0.717) is 39.6 Å². The lowest BCUT2D eigenvalue weighted by molar-refractivity contribution is -0.119. The van der Waals surface area contributed by atoms with Gasteiger partial charge in [0.25, 0.3) is 23.6 Å². The number of esters is 2. The number of hydrogen-bond donors (Lipinski definition) is 4. The van der Waals surface area contributed by atoms with Gasteiger partial charge in [0, 0.05) is 46.2 Å². The van der Waals surface area contributed by atoms with Crippen molar-refractivity contribution in [3.63, 3.8) is 0 Å².